The average Bonchev–Trinajstić information content (AvgIpc) is 2.86. The van der Waals surface area contributed by atoms with E-state index in [0.29, 0.717) is 43.4 Å². The molecule has 5 heteroatoms. The molecule has 2 unspecified atom stereocenters. The van der Waals surface area contributed by atoms with Crippen LogP contribution in [0.25, 0.3) is 0 Å². The highest BCUT2D eigenvalue weighted by Gasteiger charge is 2.35. The Bertz CT molecular complexity index is 694. The summed E-state index contributed by atoms with van der Waals surface area (Å²) in [7, 11) is 0. The number of rotatable bonds is 7. The zero-order valence-corrected chi connectivity index (χ0v) is 14.1. The molecule has 0 fully saturated rings. The smallest absolute Gasteiger partial charge is 0.261 e. The highest BCUT2D eigenvalue weighted by Crippen LogP contribution is 2.33. The van der Waals surface area contributed by atoms with Gasteiger partial charge in [0.1, 0.15) is 0 Å². The Kier molecular flexibility index (Phi) is 5.36. The molecule has 0 radical (unpaired) electrons. The lowest BCUT2D eigenvalue weighted by Gasteiger charge is -2.25. The van der Waals surface area contributed by atoms with E-state index in [4.69, 9.17) is 0 Å². The summed E-state index contributed by atoms with van der Waals surface area (Å²) < 4.78 is 0. The summed E-state index contributed by atoms with van der Waals surface area (Å²) in [5, 5.41) is 18.6. The van der Waals surface area contributed by atoms with Crippen LogP contribution in [0, 0.1) is 34.0 Å². The van der Waals surface area contributed by atoms with E-state index in [1.165, 1.54) is 4.90 Å². The summed E-state index contributed by atoms with van der Waals surface area (Å²) in [5.74, 6) is -0.833. The Morgan fingerprint density at radius 1 is 1.12 bits per heavy atom. The van der Waals surface area contributed by atoms with Crippen LogP contribution >= 0.6 is 0 Å². The molecule has 5 nitrogen and oxygen atoms in total. The van der Waals surface area contributed by atoms with E-state index in [-0.39, 0.29) is 17.7 Å². The quantitative estimate of drug-likeness (QED) is 0.567. The van der Waals surface area contributed by atoms with Crippen molar-refractivity contribution in [2.24, 2.45) is 11.3 Å². The number of benzene rings is 1. The monoisotopic (exact) mass is 323 g/mol. The average molecular weight is 323 g/mol. The Hall–Kier alpha value is -2.66. The predicted molar refractivity (Wildman–Crippen MR) is 88.8 cm³/mol. The van der Waals surface area contributed by atoms with Crippen molar-refractivity contribution in [1.82, 2.24) is 4.90 Å². The molecule has 2 atom stereocenters. The second-order valence-electron chi connectivity index (χ2n) is 6.37. The largest absolute Gasteiger partial charge is 0.274 e. The maximum Gasteiger partial charge on any atom is 0.261 e. The number of carbonyl (C=O) groups excluding carboxylic acids is 2. The maximum atomic E-state index is 12.3. The molecule has 0 saturated carbocycles. The van der Waals surface area contributed by atoms with Gasteiger partial charge in [-0.25, -0.2) is 0 Å². The van der Waals surface area contributed by atoms with E-state index in [0.717, 1.165) is 0 Å². The SMILES string of the molecule is CCC(C)(C#N)C(C#N)CCCCN1C(=O)c2ccccc2C1=O. The molecule has 1 aliphatic rings. The minimum atomic E-state index is -0.649. The van der Waals surface area contributed by atoms with Crippen LogP contribution in [0.2, 0.25) is 0 Å². The lowest BCUT2D eigenvalue weighted by molar-refractivity contribution is 0.0650. The first kappa shape index (κ1) is 17.7. The van der Waals surface area contributed by atoms with Gasteiger partial charge in [0, 0.05) is 6.54 Å². The van der Waals surface area contributed by atoms with Crippen molar-refractivity contribution in [3.8, 4) is 12.1 Å². The molecule has 24 heavy (non-hydrogen) atoms. The van der Waals surface area contributed by atoms with Crippen LogP contribution in [0.3, 0.4) is 0 Å². The Balaban J connectivity index is 1.90. The molecule has 2 rings (SSSR count). The third-order valence-electron chi connectivity index (χ3n) is 4.92. The number of hydrogen-bond acceptors (Lipinski definition) is 4. The summed E-state index contributed by atoms with van der Waals surface area (Å²) in [4.78, 5) is 25.8. The molecular formula is C19H21N3O2. The molecule has 0 bridgehead atoms. The standard InChI is InChI=1S/C19H21N3O2/c1-3-19(2,13-21)14(12-20)8-6-7-11-22-17(23)15-9-4-5-10-16(15)18(22)24/h4-5,9-10,14H,3,6-8,11H2,1-2H3. The van der Waals surface area contributed by atoms with Crippen LogP contribution in [0.4, 0.5) is 0 Å². The molecule has 0 saturated heterocycles. The summed E-state index contributed by atoms with van der Waals surface area (Å²) in [6, 6.07) is 11.3. The zero-order chi connectivity index (χ0) is 17.7. The van der Waals surface area contributed by atoms with Crippen molar-refractivity contribution >= 4 is 11.8 Å². The molecule has 0 aromatic heterocycles. The summed E-state index contributed by atoms with van der Waals surface area (Å²) in [5.41, 5.74) is 0.269. The fraction of sp³-hybridized carbons (Fsp3) is 0.474. The molecular weight excluding hydrogens is 302 g/mol. The van der Waals surface area contributed by atoms with Crippen molar-refractivity contribution in [1.29, 1.82) is 10.5 Å². The normalized spacial score (nSPS) is 16.9. The summed E-state index contributed by atoms with van der Waals surface area (Å²) in [6.07, 6.45) is 2.55. The maximum absolute atomic E-state index is 12.3. The number of nitrogens with zero attached hydrogens (tertiary/aromatic N) is 3. The lowest BCUT2D eigenvalue weighted by Crippen LogP contribution is -2.31. The minimum Gasteiger partial charge on any atom is -0.274 e. The molecule has 1 heterocycles. The van der Waals surface area contributed by atoms with Crippen LogP contribution < -0.4 is 0 Å². The van der Waals surface area contributed by atoms with Gasteiger partial charge in [0.25, 0.3) is 11.8 Å². The van der Waals surface area contributed by atoms with E-state index in [1.54, 1.807) is 24.3 Å². The number of hydrogen-bond donors (Lipinski definition) is 0. The van der Waals surface area contributed by atoms with Crippen LogP contribution in [0.5, 0.6) is 0 Å². The first-order chi connectivity index (χ1) is 11.5. The summed E-state index contributed by atoms with van der Waals surface area (Å²) in [6.45, 7) is 4.07. The third-order valence-corrected chi connectivity index (χ3v) is 4.92. The van der Waals surface area contributed by atoms with Crippen LogP contribution in [-0.2, 0) is 0 Å². The first-order valence-corrected chi connectivity index (χ1v) is 8.24. The highest BCUT2D eigenvalue weighted by atomic mass is 16.2. The van der Waals surface area contributed by atoms with Gasteiger partial charge in [0.05, 0.1) is 34.6 Å². The topological polar surface area (TPSA) is 85.0 Å². The Morgan fingerprint density at radius 3 is 2.17 bits per heavy atom. The van der Waals surface area contributed by atoms with Gasteiger partial charge in [-0.3, -0.25) is 14.5 Å². The van der Waals surface area contributed by atoms with Gasteiger partial charge < -0.3 is 0 Å². The number of imide groups is 1. The van der Waals surface area contributed by atoms with Gasteiger partial charge in [-0.1, -0.05) is 25.5 Å². The molecule has 0 N–H and O–H groups in total. The molecule has 2 amide bonds. The van der Waals surface area contributed by atoms with Gasteiger partial charge in [-0.15, -0.1) is 0 Å². The van der Waals surface area contributed by atoms with E-state index < -0.39 is 5.41 Å². The van der Waals surface area contributed by atoms with E-state index in [1.807, 2.05) is 13.8 Å². The van der Waals surface area contributed by atoms with Gasteiger partial charge in [0.15, 0.2) is 0 Å². The van der Waals surface area contributed by atoms with E-state index >= 15 is 0 Å². The van der Waals surface area contributed by atoms with Crippen LogP contribution in [0.1, 0.15) is 60.2 Å². The minimum absolute atomic E-state index is 0.247. The molecule has 0 aliphatic carbocycles. The number of fused-ring (bicyclic) bond motifs is 1. The molecule has 1 aliphatic heterocycles. The van der Waals surface area contributed by atoms with Crippen molar-refractivity contribution < 1.29 is 9.59 Å². The van der Waals surface area contributed by atoms with Gasteiger partial charge in [-0.2, -0.15) is 10.5 Å². The molecule has 1 aromatic carbocycles. The van der Waals surface area contributed by atoms with Crippen molar-refractivity contribution in [2.75, 3.05) is 6.54 Å². The van der Waals surface area contributed by atoms with Crippen LogP contribution in [0.15, 0.2) is 24.3 Å². The number of unbranched alkanes of at least 4 members (excludes halogenated alkanes) is 1. The van der Waals surface area contributed by atoms with Gasteiger partial charge in [-0.05, 0) is 38.3 Å². The number of carbonyl (C=O) groups is 2. The van der Waals surface area contributed by atoms with Gasteiger partial charge in [0.2, 0.25) is 0 Å². The number of amides is 2. The lowest BCUT2D eigenvalue weighted by atomic mass is 9.74. The first-order valence-electron chi connectivity index (χ1n) is 8.24. The van der Waals surface area contributed by atoms with Gasteiger partial charge >= 0.3 is 0 Å². The number of nitriles is 2. The summed E-state index contributed by atoms with van der Waals surface area (Å²) >= 11 is 0. The Labute approximate surface area is 142 Å². The molecule has 0 spiro atoms. The highest BCUT2D eigenvalue weighted by molar-refractivity contribution is 6.21. The molecule has 1 aromatic rings. The van der Waals surface area contributed by atoms with Crippen LogP contribution in [-0.4, -0.2) is 23.3 Å². The fourth-order valence-corrected chi connectivity index (χ4v) is 2.99. The predicted octanol–water partition coefficient (Wildman–Crippen LogP) is 3.53. The van der Waals surface area contributed by atoms with Crippen molar-refractivity contribution in [2.45, 2.75) is 39.5 Å². The second kappa shape index (κ2) is 7.27. The van der Waals surface area contributed by atoms with E-state index in [2.05, 4.69) is 12.1 Å². The van der Waals surface area contributed by atoms with Crippen molar-refractivity contribution in [3.05, 3.63) is 35.4 Å². The zero-order valence-electron chi connectivity index (χ0n) is 14.1. The third kappa shape index (κ3) is 3.16. The second-order valence-corrected chi connectivity index (χ2v) is 6.37. The Morgan fingerprint density at radius 2 is 1.71 bits per heavy atom. The van der Waals surface area contributed by atoms with Crippen molar-refractivity contribution in [3.63, 3.8) is 0 Å². The fourth-order valence-electron chi connectivity index (χ4n) is 2.99. The molecule has 124 valence electrons. The van der Waals surface area contributed by atoms with E-state index in [9.17, 15) is 20.1 Å².